The Morgan fingerprint density at radius 1 is 1.07 bits per heavy atom. The van der Waals surface area contributed by atoms with E-state index in [-0.39, 0.29) is 18.7 Å². The number of hydrogen-bond acceptors (Lipinski definition) is 7. The zero-order valence-corrected chi connectivity index (χ0v) is 16.8. The van der Waals surface area contributed by atoms with Gasteiger partial charge in [-0.1, -0.05) is 0 Å². The number of nitrogens with zero attached hydrogens (tertiary/aromatic N) is 3. The van der Waals surface area contributed by atoms with E-state index in [1.807, 2.05) is 6.07 Å². The van der Waals surface area contributed by atoms with E-state index in [0.29, 0.717) is 30.9 Å². The van der Waals surface area contributed by atoms with Gasteiger partial charge < -0.3 is 15.0 Å². The Bertz CT molecular complexity index is 932. The summed E-state index contributed by atoms with van der Waals surface area (Å²) in [5.41, 5.74) is 0.0459. The van der Waals surface area contributed by atoms with Crippen molar-refractivity contribution in [3.63, 3.8) is 0 Å². The van der Waals surface area contributed by atoms with Crippen molar-refractivity contribution >= 4 is 21.7 Å². The van der Waals surface area contributed by atoms with Crippen LogP contribution in [0, 0.1) is 18.6 Å². The number of sulfonamides is 1. The van der Waals surface area contributed by atoms with Gasteiger partial charge in [0, 0.05) is 38.3 Å². The normalized spacial score (nSPS) is 14.8. The number of aryl methyl sites for hydroxylation is 1. The molecule has 11 heteroatoms. The number of ether oxygens (including phenoxy) is 1. The second-order valence-electron chi connectivity index (χ2n) is 6.62. The van der Waals surface area contributed by atoms with Crippen LogP contribution in [0.15, 0.2) is 24.3 Å². The van der Waals surface area contributed by atoms with E-state index in [9.17, 15) is 17.2 Å². The number of rotatable bonds is 8. The zero-order valence-electron chi connectivity index (χ0n) is 16.0. The molecule has 3 rings (SSSR count). The van der Waals surface area contributed by atoms with Crippen LogP contribution < -0.4 is 14.9 Å². The lowest BCUT2D eigenvalue weighted by atomic mass is 10.2. The van der Waals surface area contributed by atoms with E-state index >= 15 is 0 Å². The molecule has 2 heterocycles. The number of halogens is 2. The maximum atomic E-state index is 13.2. The predicted molar refractivity (Wildman–Crippen MR) is 105 cm³/mol. The summed E-state index contributed by atoms with van der Waals surface area (Å²) in [5, 5.41) is 3.06. The molecule has 0 bridgehead atoms. The van der Waals surface area contributed by atoms with E-state index in [1.54, 1.807) is 6.92 Å². The molecule has 0 saturated carbocycles. The van der Waals surface area contributed by atoms with Gasteiger partial charge in [0.05, 0.1) is 19.0 Å². The highest BCUT2D eigenvalue weighted by atomic mass is 32.2. The molecule has 0 aliphatic carbocycles. The first-order chi connectivity index (χ1) is 13.8. The van der Waals surface area contributed by atoms with Crippen LogP contribution in [0.4, 0.5) is 20.4 Å². The Morgan fingerprint density at radius 3 is 2.45 bits per heavy atom. The van der Waals surface area contributed by atoms with Crippen LogP contribution in [0.25, 0.3) is 0 Å². The van der Waals surface area contributed by atoms with E-state index < -0.39 is 27.4 Å². The standard InChI is InChI=1S/C18H23F2N5O3S/c1-13-23-17(11-18(24-13)25-4-6-28-7-5-25)21-2-3-22-29(26,27)12-14-8-15(19)10-16(20)9-14/h8-11,22H,2-7,12H2,1H3,(H,21,23,24). The fourth-order valence-electron chi connectivity index (χ4n) is 2.96. The lowest BCUT2D eigenvalue weighted by Gasteiger charge is -2.28. The van der Waals surface area contributed by atoms with E-state index in [2.05, 4.69) is 24.9 Å². The molecule has 0 atom stereocenters. The Hall–Kier alpha value is -2.37. The third-order valence-electron chi connectivity index (χ3n) is 4.19. The summed E-state index contributed by atoms with van der Waals surface area (Å²) in [4.78, 5) is 10.8. The van der Waals surface area contributed by atoms with Crippen molar-refractivity contribution in [3.05, 3.63) is 47.3 Å². The summed E-state index contributed by atoms with van der Waals surface area (Å²) in [6, 6.07) is 4.50. The van der Waals surface area contributed by atoms with Crippen molar-refractivity contribution in [2.24, 2.45) is 0 Å². The highest BCUT2D eigenvalue weighted by Gasteiger charge is 2.15. The number of benzene rings is 1. The topological polar surface area (TPSA) is 96.5 Å². The second kappa shape index (κ2) is 9.42. The van der Waals surface area contributed by atoms with Crippen LogP contribution in [-0.4, -0.2) is 57.8 Å². The monoisotopic (exact) mass is 427 g/mol. The maximum absolute atomic E-state index is 13.2. The smallest absolute Gasteiger partial charge is 0.215 e. The van der Waals surface area contributed by atoms with Crippen LogP contribution in [-0.2, 0) is 20.5 Å². The van der Waals surface area contributed by atoms with E-state index in [4.69, 9.17) is 4.74 Å². The summed E-state index contributed by atoms with van der Waals surface area (Å²) < 4.78 is 58.4. The Kier molecular flexibility index (Phi) is 6.93. The molecule has 1 aliphatic heterocycles. The number of nitrogens with one attached hydrogen (secondary N) is 2. The molecule has 2 aromatic rings. The zero-order chi connectivity index (χ0) is 20.9. The van der Waals surface area contributed by atoms with Crippen molar-refractivity contribution in [2.45, 2.75) is 12.7 Å². The van der Waals surface area contributed by atoms with Crippen molar-refractivity contribution < 1.29 is 21.9 Å². The van der Waals surface area contributed by atoms with Gasteiger partial charge in [-0.25, -0.2) is 31.9 Å². The first kappa shape index (κ1) is 21.3. The Labute approximate surface area is 168 Å². The third kappa shape index (κ3) is 6.58. The minimum atomic E-state index is -3.73. The molecule has 158 valence electrons. The average Bonchev–Trinajstić information content (AvgIpc) is 2.64. The number of anilines is 2. The van der Waals surface area contributed by atoms with Gasteiger partial charge in [-0.2, -0.15) is 0 Å². The van der Waals surface area contributed by atoms with Crippen LogP contribution in [0.3, 0.4) is 0 Å². The van der Waals surface area contributed by atoms with Gasteiger partial charge in [-0.15, -0.1) is 0 Å². The highest BCUT2D eigenvalue weighted by Crippen LogP contribution is 2.17. The van der Waals surface area contributed by atoms with Crippen molar-refractivity contribution in [3.8, 4) is 0 Å². The third-order valence-corrected chi connectivity index (χ3v) is 5.55. The minimum absolute atomic E-state index is 0.0459. The summed E-state index contributed by atoms with van der Waals surface area (Å²) in [7, 11) is -3.73. The highest BCUT2D eigenvalue weighted by molar-refractivity contribution is 7.88. The van der Waals surface area contributed by atoms with Crippen LogP contribution >= 0.6 is 0 Å². The quantitative estimate of drug-likeness (QED) is 0.615. The van der Waals surface area contributed by atoms with E-state index in [0.717, 1.165) is 31.0 Å². The molecular formula is C18H23F2N5O3S. The van der Waals surface area contributed by atoms with Gasteiger partial charge in [-0.05, 0) is 24.6 Å². The molecule has 0 unspecified atom stereocenters. The van der Waals surface area contributed by atoms with Gasteiger partial charge in [0.25, 0.3) is 0 Å². The molecule has 1 fully saturated rings. The molecule has 0 spiro atoms. The molecule has 2 N–H and O–H groups in total. The summed E-state index contributed by atoms with van der Waals surface area (Å²) in [5.74, 6) is -0.151. The average molecular weight is 427 g/mol. The van der Waals surface area contributed by atoms with Crippen LogP contribution in [0.2, 0.25) is 0 Å². The van der Waals surface area contributed by atoms with Crippen molar-refractivity contribution in [1.82, 2.24) is 14.7 Å². The number of morpholine rings is 1. The molecule has 0 radical (unpaired) electrons. The molecule has 0 amide bonds. The second-order valence-corrected chi connectivity index (χ2v) is 8.42. The Morgan fingerprint density at radius 2 is 1.76 bits per heavy atom. The predicted octanol–water partition coefficient (Wildman–Crippen LogP) is 1.43. The first-order valence-corrected chi connectivity index (χ1v) is 10.8. The van der Waals surface area contributed by atoms with Gasteiger partial charge in [0.1, 0.15) is 29.1 Å². The Balaban J connectivity index is 1.52. The van der Waals surface area contributed by atoms with Crippen molar-refractivity contribution in [1.29, 1.82) is 0 Å². The molecule has 1 saturated heterocycles. The largest absolute Gasteiger partial charge is 0.378 e. The summed E-state index contributed by atoms with van der Waals surface area (Å²) in [6.45, 7) is 4.94. The molecule has 8 nitrogen and oxygen atoms in total. The fraction of sp³-hybridized carbons (Fsp3) is 0.444. The van der Waals surface area contributed by atoms with Gasteiger partial charge in [-0.3, -0.25) is 0 Å². The number of aromatic nitrogens is 2. The maximum Gasteiger partial charge on any atom is 0.215 e. The van der Waals surface area contributed by atoms with Gasteiger partial charge >= 0.3 is 0 Å². The summed E-state index contributed by atoms with van der Waals surface area (Å²) in [6.07, 6.45) is 0. The lowest BCUT2D eigenvalue weighted by molar-refractivity contribution is 0.122. The molecule has 1 aromatic heterocycles. The molecule has 1 aliphatic rings. The van der Waals surface area contributed by atoms with E-state index in [1.165, 1.54) is 0 Å². The summed E-state index contributed by atoms with van der Waals surface area (Å²) >= 11 is 0. The number of hydrogen-bond donors (Lipinski definition) is 2. The fourth-order valence-corrected chi connectivity index (χ4v) is 4.08. The lowest BCUT2D eigenvalue weighted by Crippen LogP contribution is -2.37. The first-order valence-electron chi connectivity index (χ1n) is 9.15. The van der Waals surface area contributed by atoms with Crippen LogP contribution in [0.5, 0.6) is 0 Å². The van der Waals surface area contributed by atoms with Gasteiger partial charge in [0.15, 0.2) is 0 Å². The minimum Gasteiger partial charge on any atom is -0.378 e. The van der Waals surface area contributed by atoms with Gasteiger partial charge in [0.2, 0.25) is 10.0 Å². The van der Waals surface area contributed by atoms with Crippen LogP contribution in [0.1, 0.15) is 11.4 Å². The SMILES string of the molecule is Cc1nc(NCCNS(=O)(=O)Cc2cc(F)cc(F)c2)cc(N2CCOCC2)n1. The molecular weight excluding hydrogens is 404 g/mol. The molecule has 29 heavy (non-hydrogen) atoms. The van der Waals surface area contributed by atoms with Crippen molar-refractivity contribution in [2.75, 3.05) is 49.6 Å². The molecule has 1 aromatic carbocycles.